The molecule has 1 unspecified atom stereocenters. The number of hydrogen-bond donors (Lipinski definition) is 0. The van der Waals surface area contributed by atoms with E-state index < -0.39 is 0 Å². The Labute approximate surface area is 143 Å². The highest BCUT2D eigenvalue weighted by molar-refractivity contribution is 5.46. The lowest BCUT2D eigenvalue weighted by atomic mass is 9.62. The highest BCUT2D eigenvalue weighted by Gasteiger charge is 2.53. The van der Waals surface area contributed by atoms with E-state index in [0.717, 1.165) is 45.3 Å². The van der Waals surface area contributed by atoms with E-state index in [1.807, 2.05) is 0 Å². The fourth-order valence-electron chi connectivity index (χ4n) is 5.39. The Morgan fingerprint density at radius 2 is 1.42 bits per heavy atom. The first kappa shape index (κ1) is 14.7. The summed E-state index contributed by atoms with van der Waals surface area (Å²) in [5.74, 6) is 0.291. The minimum atomic E-state index is -0.288. The summed E-state index contributed by atoms with van der Waals surface area (Å²) in [7, 11) is 0. The van der Waals surface area contributed by atoms with Crippen molar-refractivity contribution < 1.29 is 9.47 Å². The van der Waals surface area contributed by atoms with Crippen molar-refractivity contribution in [2.75, 3.05) is 13.2 Å². The fraction of sp³-hybridized carbons (Fsp3) is 0.455. The van der Waals surface area contributed by atoms with Crippen LogP contribution in [-0.4, -0.2) is 19.0 Å². The summed E-state index contributed by atoms with van der Waals surface area (Å²) in [5, 5.41) is 0. The van der Waals surface area contributed by atoms with Gasteiger partial charge in [-0.15, -0.1) is 0 Å². The Morgan fingerprint density at radius 1 is 0.750 bits per heavy atom. The normalized spacial score (nSPS) is 26.8. The average molecular weight is 320 g/mol. The van der Waals surface area contributed by atoms with E-state index >= 15 is 0 Å². The van der Waals surface area contributed by atoms with Gasteiger partial charge in [0.15, 0.2) is 5.79 Å². The van der Waals surface area contributed by atoms with Gasteiger partial charge in [0.1, 0.15) is 0 Å². The van der Waals surface area contributed by atoms with Crippen LogP contribution in [0, 0.1) is 0 Å². The highest BCUT2D eigenvalue weighted by atomic mass is 16.7. The van der Waals surface area contributed by atoms with Crippen LogP contribution in [0.2, 0.25) is 0 Å². The SMILES string of the molecule is c1ccc(C2Cc3ccccc3C23CCC2(CC3)OCCO2)cc1. The van der Waals surface area contributed by atoms with Gasteiger partial charge in [0.25, 0.3) is 0 Å². The highest BCUT2D eigenvalue weighted by Crippen LogP contribution is 2.58. The van der Waals surface area contributed by atoms with Gasteiger partial charge in [0, 0.05) is 18.3 Å². The Bertz CT molecular complexity index is 721. The van der Waals surface area contributed by atoms with E-state index in [-0.39, 0.29) is 11.2 Å². The zero-order valence-electron chi connectivity index (χ0n) is 14.0. The lowest BCUT2D eigenvalue weighted by Crippen LogP contribution is -2.43. The summed E-state index contributed by atoms with van der Waals surface area (Å²) < 4.78 is 12.0. The Balaban J connectivity index is 1.55. The van der Waals surface area contributed by atoms with Crippen molar-refractivity contribution in [1.82, 2.24) is 0 Å². The van der Waals surface area contributed by atoms with E-state index in [1.165, 1.54) is 11.1 Å². The van der Waals surface area contributed by atoms with Gasteiger partial charge < -0.3 is 9.47 Å². The number of fused-ring (bicyclic) bond motifs is 2. The smallest absolute Gasteiger partial charge is 0.168 e. The molecule has 124 valence electrons. The van der Waals surface area contributed by atoms with Crippen LogP contribution in [0.4, 0.5) is 0 Å². The summed E-state index contributed by atoms with van der Waals surface area (Å²) in [5.41, 5.74) is 4.85. The maximum Gasteiger partial charge on any atom is 0.168 e. The summed E-state index contributed by atoms with van der Waals surface area (Å²) in [4.78, 5) is 0. The molecule has 1 aliphatic heterocycles. The first-order valence-corrected chi connectivity index (χ1v) is 9.23. The summed E-state index contributed by atoms with van der Waals surface area (Å²) in [6.45, 7) is 1.51. The van der Waals surface area contributed by atoms with Crippen molar-refractivity contribution in [1.29, 1.82) is 0 Å². The molecule has 2 fully saturated rings. The van der Waals surface area contributed by atoms with Crippen LogP contribution in [-0.2, 0) is 21.3 Å². The number of rotatable bonds is 1. The molecule has 1 atom stereocenters. The van der Waals surface area contributed by atoms with E-state index in [2.05, 4.69) is 54.6 Å². The van der Waals surface area contributed by atoms with Crippen molar-refractivity contribution >= 4 is 0 Å². The minimum absolute atomic E-state index is 0.249. The van der Waals surface area contributed by atoms with Gasteiger partial charge in [0.2, 0.25) is 0 Å². The number of benzene rings is 2. The first-order valence-electron chi connectivity index (χ1n) is 9.23. The molecule has 0 bridgehead atoms. The molecule has 1 saturated heterocycles. The van der Waals surface area contributed by atoms with Crippen LogP contribution in [0.3, 0.4) is 0 Å². The van der Waals surface area contributed by atoms with Gasteiger partial charge in [-0.3, -0.25) is 0 Å². The fourth-order valence-corrected chi connectivity index (χ4v) is 5.39. The molecule has 0 radical (unpaired) electrons. The van der Waals surface area contributed by atoms with Crippen LogP contribution in [0.15, 0.2) is 54.6 Å². The second kappa shape index (κ2) is 5.44. The van der Waals surface area contributed by atoms with Crippen molar-refractivity contribution in [3.05, 3.63) is 71.3 Å². The van der Waals surface area contributed by atoms with E-state index in [4.69, 9.17) is 9.47 Å². The minimum Gasteiger partial charge on any atom is -0.348 e. The lowest BCUT2D eigenvalue weighted by Gasteiger charge is -2.45. The second-order valence-electron chi connectivity index (χ2n) is 7.59. The summed E-state index contributed by atoms with van der Waals surface area (Å²) >= 11 is 0. The molecular weight excluding hydrogens is 296 g/mol. The molecular formula is C22H24O2. The second-order valence-corrected chi connectivity index (χ2v) is 7.59. The molecule has 2 heteroatoms. The molecule has 24 heavy (non-hydrogen) atoms. The number of hydrogen-bond acceptors (Lipinski definition) is 2. The van der Waals surface area contributed by atoms with Gasteiger partial charge in [-0.25, -0.2) is 0 Å². The average Bonchev–Trinajstić information content (AvgIpc) is 3.22. The molecule has 2 spiro atoms. The topological polar surface area (TPSA) is 18.5 Å². The third kappa shape index (κ3) is 2.09. The maximum atomic E-state index is 5.99. The molecule has 2 aromatic rings. The van der Waals surface area contributed by atoms with Gasteiger partial charge in [-0.2, -0.15) is 0 Å². The molecule has 2 aliphatic carbocycles. The molecule has 1 heterocycles. The van der Waals surface area contributed by atoms with Gasteiger partial charge >= 0.3 is 0 Å². The van der Waals surface area contributed by atoms with E-state index in [9.17, 15) is 0 Å². The van der Waals surface area contributed by atoms with Gasteiger partial charge in [0.05, 0.1) is 13.2 Å². The zero-order chi connectivity index (χ0) is 16.0. The Morgan fingerprint density at radius 3 is 2.17 bits per heavy atom. The standard InChI is InChI=1S/C22H24O2/c1-2-6-17(7-3-1)20-16-18-8-4-5-9-19(18)21(20)10-12-22(13-11-21)23-14-15-24-22/h1-9,20H,10-16H2. The number of ether oxygens (including phenoxy) is 2. The predicted molar refractivity (Wildman–Crippen MR) is 94.1 cm³/mol. The van der Waals surface area contributed by atoms with E-state index in [0.29, 0.717) is 5.92 Å². The van der Waals surface area contributed by atoms with Crippen molar-refractivity contribution in [2.24, 2.45) is 0 Å². The van der Waals surface area contributed by atoms with Crippen LogP contribution in [0.5, 0.6) is 0 Å². The van der Waals surface area contributed by atoms with Crippen LogP contribution < -0.4 is 0 Å². The van der Waals surface area contributed by atoms with Crippen LogP contribution in [0.1, 0.15) is 48.3 Å². The van der Waals surface area contributed by atoms with Crippen LogP contribution >= 0.6 is 0 Å². The monoisotopic (exact) mass is 320 g/mol. The molecule has 3 aliphatic rings. The molecule has 0 amide bonds. The first-order chi connectivity index (χ1) is 11.8. The predicted octanol–water partition coefficient (Wildman–Crippen LogP) is 4.58. The molecule has 2 nitrogen and oxygen atoms in total. The maximum absolute atomic E-state index is 5.99. The summed E-state index contributed by atoms with van der Waals surface area (Å²) in [6, 6.07) is 20.2. The van der Waals surface area contributed by atoms with Crippen molar-refractivity contribution in [2.45, 2.75) is 49.2 Å². The molecule has 2 aromatic carbocycles. The van der Waals surface area contributed by atoms with Crippen LogP contribution in [0.25, 0.3) is 0 Å². The Hall–Kier alpha value is -1.64. The molecule has 5 rings (SSSR count). The quantitative estimate of drug-likeness (QED) is 0.765. The van der Waals surface area contributed by atoms with Gasteiger partial charge in [-0.1, -0.05) is 54.6 Å². The Kier molecular flexibility index (Phi) is 3.33. The molecule has 0 N–H and O–H groups in total. The van der Waals surface area contributed by atoms with E-state index in [1.54, 1.807) is 5.56 Å². The lowest BCUT2D eigenvalue weighted by molar-refractivity contribution is -0.186. The largest absolute Gasteiger partial charge is 0.348 e. The summed E-state index contributed by atoms with van der Waals surface area (Å²) in [6.07, 6.45) is 5.51. The van der Waals surface area contributed by atoms with Crippen molar-refractivity contribution in [3.8, 4) is 0 Å². The zero-order valence-corrected chi connectivity index (χ0v) is 14.0. The molecule has 1 saturated carbocycles. The third-order valence-corrected chi connectivity index (χ3v) is 6.56. The third-order valence-electron chi connectivity index (χ3n) is 6.56. The molecule has 0 aromatic heterocycles. The van der Waals surface area contributed by atoms with Crippen molar-refractivity contribution in [3.63, 3.8) is 0 Å². The van der Waals surface area contributed by atoms with Gasteiger partial charge in [-0.05, 0) is 41.9 Å².